The summed E-state index contributed by atoms with van der Waals surface area (Å²) in [6.45, 7) is 4.27. The standard InChI is InChI=1S/C17H15ClN2O2/c1-11-3-4-12(2)15(9-11)21-10-16-19-20-17(22-16)13-5-7-14(18)8-6-13/h3-9H,10H2,1-2H3. The lowest BCUT2D eigenvalue weighted by Crippen LogP contribution is -1.97. The molecule has 0 N–H and O–H groups in total. The van der Waals surface area contributed by atoms with Crippen LogP contribution in [0.4, 0.5) is 0 Å². The highest BCUT2D eigenvalue weighted by Crippen LogP contribution is 2.22. The minimum Gasteiger partial charge on any atom is -0.484 e. The quantitative estimate of drug-likeness (QED) is 0.707. The van der Waals surface area contributed by atoms with E-state index in [-0.39, 0.29) is 6.61 Å². The largest absolute Gasteiger partial charge is 0.484 e. The highest BCUT2D eigenvalue weighted by Gasteiger charge is 2.10. The van der Waals surface area contributed by atoms with Crippen LogP contribution in [-0.4, -0.2) is 10.2 Å². The molecule has 0 amide bonds. The molecule has 0 saturated carbocycles. The molecule has 0 bridgehead atoms. The molecule has 0 aliphatic heterocycles. The Morgan fingerprint density at radius 1 is 1.05 bits per heavy atom. The molecule has 3 rings (SSSR count). The maximum Gasteiger partial charge on any atom is 0.254 e. The molecule has 3 aromatic rings. The summed E-state index contributed by atoms with van der Waals surface area (Å²) in [5.74, 6) is 1.72. The van der Waals surface area contributed by atoms with Crippen molar-refractivity contribution in [2.45, 2.75) is 20.5 Å². The zero-order valence-corrected chi connectivity index (χ0v) is 13.1. The minimum absolute atomic E-state index is 0.241. The van der Waals surface area contributed by atoms with Crippen molar-refractivity contribution in [3.8, 4) is 17.2 Å². The Bertz CT molecular complexity index is 782. The van der Waals surface area contributed by atoms with Crippen LogP contribution in [0.15, 0.2) is 46.9 Å². The molecule has 22 heavy (non-hydrogen) atoms. The predicted molar refractivity (Wildman–Crippen MR) is 85.0 cm³/mol. The van der Waals surface area contributed by atoms with E-state index in [0.29, 0.717) is 16.8 Å². The lowest BCUT2D eigenvalue weighted by Gasteiger charge is -2.07. The number of benzene rings is 2. The molecule has 0 saturated heterocycles. The van der Waals surface area contributed by atoms with E-state index in [0.717, 1.165) is 22.4 Å². The summed E-state index contributed by atoms with van der Waals surface area (Å²) < 4.78 is 11.4. The third kappa shape index (κ3) is 3.28. The van der Waals surface area contributed by atoms with Gasteiger partial charge in [0.15, 0.2) is 6.61 Å². The van der Waals surface area contributed by atoms with E-state index in [2.05, 4.69) is 10.2 Å². The van der Waals surface area contributed by atoms with Crippen molar-refractivity contribution in [1.29, 1.82) is 0 Å². The molecule has 5 heteroatoms. The van der Waals surface area contributed by atoms with Gasteiger partial charge in [0.1, 0.15) is 5.75 Å². The van der Waals surface area contributed by atoms with Gasteiger partial charge in [-0.3, -0.25) is 0 Å². The number of hydrogen-bond acceptors (Lipinski definition) is 4. The molecular formula is C17H15ClN2O2. The first-order valence-corrected chi connectivity index (χ1v) is 7.28. The number of aromatic nitrogens is 2. The predicted octanol–water partition coefficient (Wildman–Crippen LogP) is 4.59. The fraction of sp³-hybridized carbons (Fsp3) is 0.176. The van der Waals surface area contributed by atoms with Crippen LogP contribution in [0.3, 0.4) is 0 Å². The number of aryl methyl sites for hydroxylation is 2. The maximum atomic E-state index is 5.86. The van der Waals surface area contributed by atoms with Crippen molar-refractivity contribution in [3.05, 3.63) is 64.5 Å². The van der Waals surface area contributed by atoms with Crippen LogP contribution in [-0.2, 0) is 6.61 Å². The molecule has 4 nitrogen and oxygen atoms in total. The molecule has 112 valence electrons. The molecular weight excluding hydrogens is 300 g/mol. The number of nitrogens with zero attached hydrogens (tertiary/aromatic N) is 2. The average molecular weight is 315 g/mol. The lowest BCUT2D eigenvalue weighted by atomic mass is 10.1. The number of ether oxygens (including phenoxy) is 1. The number of hydrogen-bond donors (Lipinski definition) is 0. The Hall–Kier alpha value is -2.33. The van der Waals surface area contributed by atoms with E-state index in [4.69, 9.17) is 20.8 Å². The molecule has 0 atom stereocenters. The summed E-state index contributed by atoms with van der Waals surface area (Å²) in [5, 5.41) is 8.70. The lowest BCUT2D eigenvalue weighted by molar-refractivity contribution is 0.263. The van der Waals surface area contributed by atoms with Gasteiger partial charge in [-0.1, -0.05) is 23.7 Å². The molecule has 0 radical (unpaired) electrons. The van der Waals surface area contributed by atoms with Gasteiger partial charge in [0, 0.05) is 10.6 Å². The van der Waals surface area contributed by atoms with E-state index in [9.17, 15) is 0 Å². The average Bonchev–Trinajstić information content (AvgIpc) is 2.98. The Balaban J connectivity index is 1.72. The summed E-state index contributed by atoms with van der Waals surface area (Å²) in [6.07, 6.45) is 0. The summed E-state index contributed by atoms with van der Waals surface area (Å²) >= 11 is 5.86. The van der Waals surface area contributed by atoms with Crippen LogP contribution < -0.4 is 4.74 Å². The molecule has 0 fully saturated rings. The first kappa shape index (κ1) is 14.6. The molecule has 1 heterocycles. The zero-order valence-electron chi connectivity index (χ0n) is 12.3. The SMILES string of the molecule is Cc1ccc(C)c(OCc2nnc(-c3ccc(Cl)cc3)o2)c1. The van der Waals surface area contributed by atoms with Gasteiger partial charge in [-0.05, 0) is 55.3 Å². The van der Waals surface area contributed by atoms with E-state index < -0.39 is 0 Å². The second-order valence-corrected chi connectivity index (χ2v) is 5.50. The smallest absolute Gasteiger partial charge is 0.254 e. The monoisotopic (exact) mass is 314 g/mol. The van der Waals surface area contributed by atoms with E-state index in [1.54, 1.807) is 12.1 Å². The van der Waals surface area contributed by atoms with Crippen molar-refractivity contribution >= 4 is 11.6 Å². The van der Waals surface area contributed by atoms with Crippen molar-refractivity contribution in [2.75, 3.05) is 0 Å². The van der Waals surface area contributed by atoms with Crippen molar-refractivity contribution in [1.82, 2.24) is 10.2 Å². The molecule has 0 unspecified atom stereocenters. The summed E-state index contributed by atoms with van der Waals surface area (Å²) in [7, 11) is 0. The van der Waals surface area contributed by atoms with Gasteiger partial charge >= 0.3 is 0 Å². The summed E-state index contributed by atoms with van der Waals surface area (Å²) in [4.78, 5) is 0. The summed E-state index contributed by atoms with van der Waals surface area (Å²) in [5.41, 5.74) is 3.05. The van der Waals surface area contributed by atoms with Crippen LogP contribution in [0.5, 0.6) is 5.75 Å². The normalized spacial score (nSPS) is 10.7. The van der Waals surface area contributed by atoms with Crippen LogP contribution >= 0.6 is 11.6 Å². The zero-order chi connectivity index (χ0) is 15.5. The van der Waals surface area contributed by atoms with Crippen LogP contribution in [0.25, 0.3) is 11.5 Å². The van der Waals surface area contributed by atoms with Gasteiger partial charge in [-0.2, -0.15) is 0 Å². The third-order valence-corrected chi connectivity index (χ3v) is 3.50. The fourth-order valence-electron chi connectivity index (χ4n) is 2.02. The molecule has 0 aliphatic rings. The van der Waals surface area contributed by atoms with Crippen LogP contribution in [0.1, 0.15) is 17.0 Å². The topological polar surface area (TPSA) is 48.2 Å². The van der Waals surface area contributed by atoms with E-state index >= 15 is 0 Å². The first-order valence-electron chi connectivity index (χ1n) is 6.90. The van der Waals surface area contributed by atoms with E-state index in [1.807, 2.05) is 44.2 Å². The fourth-order valence-corrected chi connectivity index (χ4v) is 2.15. The van der Waals surface area contributed by atoms with E-state index in [1.165, 1.54) is 0 Å². The van der Waals surface area contributed by atoms with Crippen molar-refractivity contribution in [2.24, 2.45) is 0 Å². The molecule has 2 aromatic carbocycles. The summed E-state index contributed by atoms with van der Waals surface area (Å²) in [6, 6.07) is 13.3. The van der Waals surface area contributed by atoms with Crippen LogP contribution in [0.2, 0.25) is 5.02 Å². The van der Waals surface area contributed by atoms with Crippen LogP contribution in [0, 0.1) is 13.8 Å². The highest BCUT2D eigenvalue weighted by atomic mass is 35.5. The maximum absolute atomic E-state index is 5.86. The van der Waals surface area contributed by atoms with Crippen molar-refractivity contribution < 1.29 is 9.15 Å². The third-order valence-electron chi connectivity index (χ3n) is 3.25. The number of halogens is 1. The van der Waals surface area contributed by atoms with Crippen molar-refractivity contribution in [3.63, 3.8) is 0 Å². The Morgan fingerprint density at radius 3 is 2.59 bits per heavy atom. The van der Waals surface area contributed by atoms with Gasteiger partial charge in [0.25, 0.3) is 5.89 Å². The van der Waals surface area contributed by atoms with Gasteiger partial charge in [0.2, 0.25) is 5.89 Å². The molecule has 0 aliphatic carbocycles. The second kappa shape index (κ2) is 6.20. The first-order chi connectivity index (χ1) is 10.6. The highest BCUT2D eigenvalue weighted by molar-refractivity contribution is 6.30. The Morgan fingerprint density at radius 2 is 1.82 bits per heavy atom. The van der Waals surface area contributed by atoms with Gasteiger partial charge in [-0.25, -0.2) is 0 Å². The molecule has 1 aromatic heterocycles. The Labute approximate surface area is 133 Å². The Kier molecular flexibility index (Phi) is 4.11. The number of rotatable bonds is 4. The minimum atomic E-state index is 0.241. The van der Waals surface area contributed by atoms with Gasteiger partial charge < -0.3 is 9.15 Å². The van der Waals surface area contributed by atoms with Gasteiger partial charge in [-0.15, -0.1) is 10.2 Å². The molecule has 0 spiro atoms. The second-order valence-electron chi connectivity index (χ2n) is 5.07. The van der Waals surface area contributed by atoms with Gasteiger partial charge in [0.05, 0.1) is 0 Å².